The van der Waals surface area contributed by atoms with Crippen molar-refractivity contribution in [3.8, 4) is 0 Å². The van der Waals surface area contributed by atoms with Crippen molar-refractivity contribution in [2.24, 2.45) is 0 Å². The van der Waals surface area contributed by atoms with Crippen LogP contribution in [0.25, 0.3) is 10.8 Å². The molecule has 1 N–H and O–H groups in total. The molecule has 0 spiro atoms. The first-order valence-corrected chi connectivity index (χ1v) is 9.31. The first-order valence-electron chi connectivity index (χ1n) is 7.28. The molecule has 7 heteroatoms. The van der Waals surface area contributed by atoms with Gasteiger partial charge >= 0.3 is 6.09 Å². The third kappa shape index (κ3) is 3.28. The van der Waals surface area contributed by atoms with E-state index in [9.17, 15) is 13.2 Å². The Morgan fingerprint density at radius 3 is 2.65 bits per heavy atom. The largest absolute Gasteiger partial charge is 0.465 e. The zero-order valence-corrected chi connectivity index (χ0v) is 13.8. The van der Waals surface area contributed by atoms with Gasteiger partial charge in [0, 0.05) is 17.6 Å². The van der Waals surface area contributed by atoms with Crippen LogP contribution < -0.4 is 0 Å². The van der Waals surface area contributed by atoms with Crippen LogP contribution in [0.4, 0.5) is 4.79 Å². The molecule has 1 heterocycles. The summed E-state index contributed by atoms with van der Waals surface area (Å²) in [6.07, 6.45) is 0.216. The van der Waals surface area contributed by atoms with Gasteiger partial charge in [0.05, 0.1) is 10.6 Å². The molecule has 1 aliphatic rings. The Morgan fingerprint density at radius 2 is 1.91 bits per heavy atom. The van der Waals surface area contributed by atoms with Crippen LogP contribution in [0.3, 0.4) is 0 Å². The van der Waals surface area contributed by atoms with Gasteiger partial charge in [-0.3, -0.25) is 0 Å². The molecule has 0 bridgehead atoms. The number of hydrogen-bond acceptors (Lipinski definition) is 3. The molecule has 0 aliphatic carbocycles. The highest BCUT2D eigenvalue weighted by atomic mass is 35.5. The number of hydrogen-bond donors (Lipinski definition) is 1. The Balaban J connectivity index is 1.90. The highest BCUT2D eigenvalue weighted by molar-refractivity contribution is 7.91. The van der Waals surface area contributed by atoms with Crippen molar-refractivity contribution in [3.63, 3.8) is 0 Å². The number of fused-ring (bicyclic) bond motifs is 1. The third-order valence-electron chi connectivity index (χ3n) is 4.17. The summed E-state index contributed by atoms with van der Waals surface area (Å²) < 4.78 is 25.2. The molecule has 0 aromatic heterocycles. The molecule has 122 valence electrons. The van der Waals surface area contributed by atoms with E-state index >= 15 is 0 Å². The first kappa shape index (κ1) is 16.1. The summed E-state index contributed by atoms with van der Waals surface area (Å²) in [5.74, 6) is -0.182. The van der Waals surface area contributed by atoms with E-state index in [1.165, 1.54) is 4.90 Å². The summed E-state index contributed by atoms with van der Waals surface area (Å²) >= 11 is 5.93. The topological polar surface area (TPSA) is 74.7 Å². The van der Waals surface area contributed by atoms with Crippen LogP contribution in [0.2, 0.25) is 5.02 Å². The summed E-state index contributed by atoms with van der Waals surface area (Å²) in [5, 5.41) is 11.4. The fourth-order valence-corrected chi connectivity index (χ4v) is 4.81. The molecule has 1 amide bonds. The summed E-state index contributed by atoms with van der Waals surface area (Å²) in [6.45, 7) is 0.395. The maximum Gasteiger partial charge on any atom is 0.407 e. The van der Waals surface area contributed by atoms with Crippen LogP contribution in [0.5, 0.6) is 0 Å². The smallest absolute Gasteiger partial charge is 0.407 e. The number of amides is 1. The Kier molecular flexibility index (Phi) is 4.21. The molecule has 1 fully saturated rings. The second-order valence-corrected chi connectivity index (χ2v) is 8.18. The van der Waals surface area contributed by atoms with Crippen LogP contribution in [0.1, 0.15) is 12.8 Å². The standard InChI is InChI=1S/C16H16ClNO4S/c17-13-5-3-12-9-15(6-4-11(12)8-13)23(21,22)10-14-2-1-7-18(14)16(19)20/h3-6,8-9,14H,1-2,7,10H2,(H,19,20)/t14-/m0/s1. The van der Waals surface area contributed by atoms with Gasteiger partial charge in [-0.2, -0.15) is 0 Å². The van der Waals surface area contributed by atoms with Crippen molar-refractivity contribution in [1.29, 1.82) is 0 Å². The highest BCUT2D eigenvalue weighted by Gasteiger charge is 2.32. The molecule has 5 nitrogen and oxygen atoms in total. The molecule has 1 aliphatic heterocycles. The van der Waals surface area contributed by atoms with Crippen LogP contribution in [0.15, 0.2) is 41.3 Å². The van der Waals surface area contributed by atoms with Crippen molar-refractivity contribution in [2.75, 3.05) is 12.3 Å². The highest BCUT2D eigenvalue weighted by Crippen LogP contribution is 2.26. The third-order valence-corrected chi connectivity index (χ3v) is 6.20. The fraction of sp³-hybridized carbons (Fsp3) is 0.312. The van der Waals surface area contributed by atoms with Crippen LogP contribution in [0, 0.1) is 0 Å². The molecule has 2 aromatic carbocycles. The van der Waals surface area contributed by atoms with Gasteiger partial charge in [-0.1, -0.05) is 23.7 Å². The molecule has 23 heavy (non-hydrogen) atoms. The summed E-state index contributed by atoms with van der Waals surface area (Å²) in [6, 6.07) is 9.67. The molecule has 3 rings (SSSR count). The van der Waals surface area contributed by atoms with Crippen molar-refractivity contribution in [3.05, 3.63) is 41.4 Å². The van der Waals surface area contributed by atoms with Crippen molar-refractivity contribution < 1.29 is 18.3 Å². The summed E-state index contributed by atoms with van der Waals surface area (Å²) in [7, 11) is -3.55. The number of carbonyl (C=O) groups is 1. The maximum atomic E-state index is 12.6. The van der Waals surface area contributed by atoms with Gasteiger partial charge in [-0.05, 0) is 47.9 Å². The van der Waals surface area contributed by atoms with Gasteiger partial charge in [0.25, 0.3) is 0 Å². The Bertz CT molecular complexity index is 866. The minimum Gasteiger partial charge on any atom is -0.465 e. The number of benzene rings is 2. The normalized spacial score (nSPS) is 18.5. The van der Waals surface area contributed by atoms with Gasteiger partial charge in [-0.15, -0.1) is 0 Å². The molecule has 1 atom stereocenters. The Labute approximate surface area is 139 Å². The van der Waals surface area contributed by atoms with Crippen molar-refractivity contribution in [1.82, 2.24) is 4.90 Å². The SMILES string of the molecule is O=C(O)N1CCC[C@H]1CS(=O)(=O)c1ccc2cc(Cl)ccc2c1. The lowest BCUT2D eigenvalue weighted by Gasteiger charge is -2.21. The Hall–Kier alpha value is -1.79. The Morgan fingerprint density at radius 1 is 1.22 bits per heavy atom. The van der Waals surface area contributed by atoms with Gasteiger partial charge in [0.2, 0.25) is 0 Å². The monoisotopic (exact) mass is 353 g/mol. The number of likely N-dealkylation sites (tertiary alicyclic amines) is 1. The van der Waals surface area contributed by atoms with Crippen molar-refractivity contribution in [2.45, 2.75) is 23.8 Å². The zero-order valence-electron chi connectivity index (χ0n) is 12.3. The number of nitrogens with zero attached hydrogens (tertiary/aromatic N) is 1. The van der Waals surface area contributed by atoms with E-state index in [1.807, 2.05) is 0 Å². The molecule has 2 aromatic rings. The second-order valence-electron chi connectivity index (χ2n) is 5.71. The molecular weight excluding hydrogens is 338 g/mol. The van der Waals surface area contributed by atoms with Gasteiger partial charge in [0.1, 0.15) is 0 Å². The molecule has 0 unspecified atom stereocenters. The van der Waals surface area contributed by atoms with E-state index in [1.54, 1.807) is 36.4 Å². The lowest BCUT2D eigenvalue weighted by molar-refractivity contribution is 0.144. The minimum atomic E-state index is -3.55. The summed E-state index contributed by atoms with van der Waals surface area (Å²) in [4.78, 5) is 12.6. The lowest BCUT2D eigenvalue weighted by atomic mass is 10.1. The van der Waals surface area contributed by atoms with E-state index in [0.29, 0.717) is 24.4 Å². The van der Waals surface area contributed by atoms with E-state index in [0.717, 1.165) is 10.8 Å². The maximum absolute atomic E-state index is 12.6. The molecule has 1 saturated heterocycles. The average Bonchev–Trinajstić information content (AvgIpc) is 2.94. The molecule has 0 radical (unpaired) electrons. The van der Waals surface area contributed by atoms with E-state index in [-0.39, 0.29) is 10.6 Å². The van der Waals surface area contributed by atoms with Crippen LogP contribution in [-0.4, -0.2) is 42.9 Å². The van der Waals surface area contributed by atoms with Crippen molar-refractivity contribution >= 4 is 38.3 Å². The second kappa shape index (κ2) is 6.02. The molecule has 0 saturated carbocycles. The number of sulfone groups is 1. The first-order chi connectivity index (χ1) is 10.9. The van der Waals surface area contributed by atoms with Gasteiger partial charge < -0.3 is 10.0 Å². The zero-order chi connectivity index (χ0) is 16.6. The minimum absolute atomic E-state index is 0.182. The number of rotatable bonds is 3. The predicted molar refractivity (Wildman–Crippen MR) is 88.8 cm³/mol. The van der Waals surface area contributed by atoms with E-state index in [2.05, 4.69) is 0 Å². The summed E-state index contributed by atoms with van der Waals surface area (Å²) in [5.41, 5.74) is 0. The lowest BCUT2D eigenvalue weighted by Crippen LogP contribution is -2.38. The van der Waals surface area contributed by atoms with Gasteiger partial charge in [0.15, 0.2) is 9.84 Å². The van der Waals surface area contributed by atoms with Crippen LogP contribution in [-0.2, 0) is 9.84 Å². The van der Waals surface area contributed by atoms with E-state index in [4.69, 9.17) is 16.7 Å². The van der Waals surface area contributed by atoms with Gasteiger partial charge in [-0.25, -0.2) is 13.2 Å². The fourth-order valence-electron chi connectivity index (χ4n) is 3.00. The van der Waals surface area contributed by atoms with E-state index < -0.39 is 22.0 Å². The van der Waals surface area contributed by atoms with Crippen LogP contribution >= 0.6 is 11.6 Å². The number of halogens is 1. The predicted octanol–water partition coefficient (Wildman–Crippen LogP) is 3.41. The quantitative estimate of drug-likeness (QED) is 0.917. The molecular formula is C16H16ClNO4S. The number of carboxylic acid groups (broad SMARTS) is 1. The average molecular weight is 354 g/mol.